The summed E-state index contributed by atoms with van der Waals surface area (Å²) < 4.78 is 35.2. The standard InChI is InChI=1S/C11H21F2NOS/c1-11(2,16(14)15)7-9(8-3-4-8)5-6-10(12)13/h8-10H,3-7,14H2,1-2H3/t9-,16?/m0/s1. The van der Waals surface area contributed by atoms with Crippen LogP contribution in [0, 0.1) is 11.8 Å². The van der Waals surface area contributed by atoms with Crippen molar-refractivity contribution in [3.05, 3.63) is 0 Å². The molecule has 0 aromatic carbocycles. The first kappa shape index (κ1) is 14.2. The van der Waals surface area contributed by atoms with E-state index in [9.17, 15) is 13.3 Å². The van der Waals surface area contributed by atoms with Crippen LogP contribution < -0.4 is 5.14 Å². The van der Waals surface area contributed by atoms with E-state index in [4.69, 9.17) is 5.14 Å². The van der Waals surface area contributed by atoms with Crippen LogP contribution in [0.4, 0.5) is 8.78 Å². The molecular weight excluding hydrogens is 232 g/mol. The molecule has 1 fully saturated rings. The van der Waals surface area contributed by atoms with Crippen LogP contribution >= 0.6 is 0 Å². The second-order valence-corrected chi connectivity index (χ2v) is 7.03. The minimum absolute atomic E-state index is 0.0472. The predicted octanol–water partition coefficient (Wildman–Crippen LogP) is 2.85. The van der Waals surface area contributed by atoms with Crippen LogP contribution in [0.1, 0.15) is 46.0 Å². The molecule has 1 aliphatic rings. The summed E-state index contributed by atoms with van der Waals surface area (Å²) in [7, 11) is 0. The van der Waals surface area contributed by atoms with Crippen LogP contribution in [0.5, 0.6) is 0 Å². The zero-order valence-electron chi connectivity index (χ0n) is 9.92. The van der Waals surface area contributed by atoms with Gasteiger partial charge in [0.05, 0.1) is 0 Å². The lowest BCUT2D eigenvalue weighted by Crippen LogP contribution is -2.39. The first-order valence-electron chi connectivity index (χ1n) is 5.77. The average Bonchev–Trinajstić information content (AvgIpc) is 2.94. The second kappa shape index (κ2) is 5.65. The summed E-state index contributed by atoms with van der Waals surface area (Å²) in [6.45, 7) is 3.70. The van der Waals surface area contributed by atoms with Gasteiger partial charge < -0.3 is 4.55 Å². The molecule has 1 aliphatic carbocycles. The predicted molar refractivity (Wildman–Crippen MR) is 62.5 cm³/mol. The molecule has 0 aliphatic heterocycles. The summed E-state index contributed by atoms with van der Waals surface area (Å²) in [6.07, 6.45) is 1.19. The fourth-order valence-corrected chi connectivity index (χ4v) is 2.50. The highest BCUT2D eigenvalue weighted by Gasteiger charge is 2.39. The molecule has 0 amide bonds. The molecule has 2 atom stereocenters. The molecule has 0 aromatic heterocycles. The summed E-state index contributed by atoms with van der Waals surface area (Å²) in [5.74, 6) is 0.818. The molecular formula is C11H21F2NOS. The highest BCUT2D eigenvalue weighted by atomic mass is 32.2. The minimum atomic E-state index is -2.23. The zero-order chi connectivity index (χ0) is 12.3. The first-order valence-corrected chi connectivity index (χ1v) is 6.98. The van der Waals surface area contributed by atoms with Gasteiger partial charge in [-0.15, -0.1) is 0 Å². The highest BCUT2D eigenvalue weighted by Crippen LogP contribution is 2.44. The van der Waals surface area contributed by atoms with Gasteiger partial charge in [0.15, 0.2) is 0 Å². The number of halogens is 2. The molecule has 0 aromatic rings. The number of rotatable bonds is 7. The molecule has 0 heterocycles. The Morgan fingerprint density at radius 3 is 2.31 bits per heavy atom. The molecule has 1 unspecified atom stereocenters. The highest BCUT2D eigenvalue weighted by molar-refractivity contribution is 7.90. The van der Waals surface area contributed by atoms with Crippen molar-refractivity contribution in [2.24, 2.45) is 17.0 Å². The van der Waals surface area contributed by atoms with Gasteiger partial charge in [0.2, 0.25) is 6.43 Å². The van der Waals surface area contributed by atoms with Crippen LogP contribution in [0.15, 0.2) is 0 Å². The van der Waals surface area contributed by atoms with Gasteiger partial charge in [-0.2, -0.15) is 5.14 Å². The van der Waals surface area contributed by atoms with Crippen molar-refractivity contribution >= 4 is 11.4 Å². The second-order valence-electron chi connectivity index (χ2n) is 5.33. The summed E-state index contributed by atoms with van der Waals surface area (Å²) in [5, 5.41) is 5.42. The van der Waals surface area contributed by atoms with Crippen LogP contribution in [0.25, 0.3) is 0 Å². The van der Waals surface area contributed by atoms with Gasteiger partial charge in [-0.25, -0.2) is 8.78 Å². The van der Waals surface area contributed by atoms with E-state index >= 15 is 0 Å². The van der Waals surface area contributed by atoms with Gasteiger partial charge in [0.25, 0.3) is 0 Å². The van der Waals surface area contributed by atoms with E-state index in [2.05, 4.69) is 0 Å². The van der Waals surface area contributed by atoms with E-state index in [0.717, 1.165) is 12.8 Å². The van der Waals surface area contributed by atoms with Gasteiger partial charge in [0, 0.05) is 24.2 Å². The Hall–Kier alpha value is 0.130. The molecule has 0 bridgehead atoms. The Labute approximate surface area is 99.3 Å². The zero-order valence-corrected chi connectivity index (χ0v) is 10.7. The lowest BCUT2D eigenvalue weighted by atomic mass is 9.88. The summed E-state index contributed by atoms with van der Waals surface area (Å²) in [6, 6.07) is 0. The fraction of sp³-hybridized carbons (Fsp3) is 1.00. The van der Waals surface area contributed by atoms with Crippen molar-refractivity contribution in [3.63, 3.8) is 0 Å². The lowest BCUT2D eigenvalue weighted by Gasteiger charge is -2.29. The maximum Gasteiger partial charge on any atom is 0.238 e. The Balaban J connectivity index is 2.44. The third-order valence-electron chi connectivity index (χ3n) is 3.34. The van der Waals surface area contributed by atoms with Gasteiger partial charge in [0.1, 0.15) is 4.75 Å². The van der Waals surface area contributed by atoms with Crippen LogP contribution in [0.3, 0.4) is 0 Å². The fourth-order valence-electron chi connectivity index (χ4n) is 2.13. The third kappa shape index (κ3) is 4.55. The molecule has 96 valence electrons. The van der Waals surface area contributed by atoms with Crippen molar-refractivity contribution in [2.75, 3.05) is 0 Å². The SMILES string of the molecule is CC(C)(C[C@H](CCC(F)F)C1CC1)[S+](N)[O-]. The topological polar surface area (TPSA) is 49.1 Å². The van der Waals surface area contributed by atoms with Gasteiger partial charge in [-0.3, -0.25) is 0 Å². The summed E-state index contributed by atoms with van der Waals surface area (Å²) in [5.41, 5.74) is 0. The molecule has 2 nitrogen and oxygen atoms in total. The van der Waals surface area contributed by atoms with Crippen molar-refractivity contribution in [2.45, 2.75) is 57.1 Å². The van der Waals surface area contributed by atoms with Crippen LogP contribution in [0.2, 0.25) is 0 Å². The lowest BCUT2D eigenvalue weighted by molar-refractivity contribution is 0.123. The number of nitrogens with two attached hydrogens (primary N) is 1. The van der Waals surface area contributed by atoms with E-state index < -0.39 is 22.5 Å². The number of hydrogen-bond donors (Lipinski definition) is 1. The van der Waals surface area contributed by atoms with Crippen molar-refractivity contribution in [1.29, 1.82) is 0 Å². The van der Waals surface area contributed by atoms with Crippen LogP contribution in [-0.4, -0.2) is 15.7 Å². The smallest absolute Gasteiger partial charge is 0.238 e. The molecule has 0 saturated heterocycles. The maximum atomic E-state index is 12.2. The molecule has 0 radical (unpaired) electrons. The number of alkyl halides is 2. The van der Waals surface area contributed by atoms with Crippen molar-refractivity contribution < 1.29 is 13.3 Å². The largest absolute Gasteiger partial charge is 0.598 e. The van der Waals surface area contributed by atoms with E-state index in [1.165, 1.54) is 0 Å². The molecule has 5 heteroatoms. The Kier molecular flexibility index (Phi) is 5.01. The van der Waals surface area contributed by atoms with Gasteiger partial charge in [-0.05, 0) is 44.9 Å². The summed E-state index contributed by atoms with van der Waals surface area (Å²) in [4.78, 5) is 0. The van der Waals surface area contributed by atoms with Gasteiger partial charge >= 0.3 is 0 Å². The molecule has 1 rings (SSSR count). The van der Waals surface area contributed by atoms with Crippen molar-refractivity contribution in [1.82, 2.24) is 0 Å². The van der Waals surface area contributed by atoms with Crippen molar-refractivity contribution in [3.8, 4) is 0 Å². The minimum Gasteiger partial charge on any atom is -0.598 e. The van der Waals surface area contributed by atoms with Gasteiger partial charge in [-0.1, -0.05) is 0 Å². The normalized spacial score (nSPS) is 21.2. The Morgan fingerprint density at radius 1 is 1.38 bits per heavy atom. The quantitative estimate of drug-likeness (QED) is 0.709. The molecule has 0 spiro atoms. The Bertz CT molecular complexity index is 220. The first-order chi connectivity index (χ1) is 7.33. The van der Waals surface area contributed by atoms with Crippen LogP contribution in [-0.2, 0) is 11.4 Å². The maximum absolute atomic E-state index is 12.2. The third-order valence-corrected chi connectivity index (χ3v) is 4.60. The van der Waals surface area contributed by atoms with E-state index in [1.54, 1.807) is 0 Å². The average molecular weight is 253 g/mol. The molecule has 2 N–H and O–H groups in total. The molecule has 16 heavy (non-hydrogen) atoms. The number of hydrogen-bond acceptors (Lipinski definition) is 2. The Morgan fingerprint density at radius 2 is 1.94 bits per heavy atom. The monoisotopic (exact) mass is 253 g/mol. The van der Waals surface area contributed by atoms with E-state index in [1.807, 2.05) is 13.8 Å². The van der Waals surface area contributed by atoms with E-state index in [0.29, 0.717) is 18.8 Å². The summed E-state index contributed by atoms with van der Waals surface area (Å²) >= 11 is -1.39. The van der Waals surface area contributed by atoms with E-state index in [-0.39, 0.29) is 12.3 Å². The molecule has 1 saturated carbocycles.